The minimum atomic E-state index is -0.964. The van der Waals surface area contributed by atoms with Gasteiger partial charge in [-0.25, -0.2) is 0 Å². The highest BCUT2D eigenvalue weighted by Gasteiger charge is 2.34. The number of allylic oxidation sites excluding steroid dienone is 1. The van der Waals surface area contributed by atoms with Gasteiger partial charge in [-0.05, 0) is 25.5 Å². The molecule has 5 nitrogen and oxygen atoms in total. The maximum Gasteiger partial charge on any atom is 0.310 e. The average molecular weight is 299 g/mol. The molecular formula is C17H17NO4. The largest absolute Gasteiger partial charge is 0.481 e. The Bertz CT molecular complexity index is 675. The Labute approximate surface area is 128 Å². The van der Waals surface area contributed by atoms with Crippen LogP contribution < -0.4 is 0 Å². The van der Waals surface area contributed by atoms with E-state index in [9.17, 15) is 14.4 Å². The molecule has 0 radical (unpaired) electrons. The number of aliphatic carboxylic acids is 1. The SMILES string of the molecule is C=CCC(/C=C/CN1C(=O)c2ccc(C)cc2C1=O)C(=O)O. The Morgan fingerprint density at radius 1 is 1.32 bits per heavy atom. The predicted octanol–water partition coefficient (Wildman–Crippen LogP) is 2.42. The minimum Gasteiger partial charge on any atom is -0.481 e. The highest BCUT2D eigenvalue weighted by Crippen LogP contribution is 2.23. The van der Waals surface area contributed by atoms with E-state index < -0.39 is 11.9 Å². The van der Waals surface area contributed by atoms with Crippen LogP contribution in [-0.2, 0) is 4.79 Å². The lowest BCUT2D eigenvalue weighted by atomic mass is 10.1. The molecule has 22 heavy (non-hydrogen) atoms. The molecular weight excluding hydrogens is 282 g/mol. The summed E-state index contributed by atoms with van der Waals surface area (Å²) in [4.78, 5) is 36.6. The van der Waals surface area contributed by atoms with Crippen molar-refractivity contribution in [2.75, 3.05) is 6.54 Å². The standard InChI is InChI=1S/C17H17NO4/c1-3-5-12(17(21)22)6-4-9-18-15(19)13-8-7-11(2)10-14(13)16(18)20/h3-4,6-8,10,12H,1,5,9H2,2H3,(H,21,22)/b6-4+. The minimum absolute atomic E-state index is 0.0618. The molecule has 1 N–H and O–H groups in total. The van der Waals surface area contributed by atoms with E-state index in [-0.39, 0.29) is 18.4 Å². The van der Waals surface area contributed by atoms with Crippen molar-refractivity contribution in [2.24, 2.45) is 5.92 Å². The number of hydrogen-bond acceptors (Lipinski definition) is 3. The van der Waals surface area contributed by atoms with Crippen LogP contribution >= 0.6 is 0 Å². The zero-order valence-electron chi connectivity index (χ0n) is 12.3. The van der Waals surface area contributed by atoms with Crippen LogP contribution in [0.1, 0.15) is 32.7 Å². The van der Waals surface area contributed by atoms with Crippen LogP contribution in [0.15, 0.2) is 43.0 Å². The molecule has 1 atom stereocenters. The molecule has 1 heterocycles. The smallest absolute Gasteiger partial charge is 0.310 e. The fourth-order valence-corrected chi connectivity index (χ4v) is 2.34. The van der Waals surface area contributed by atoms with Gasteiger partial charge in [-0.2, -0.15) is 0 Å². The number of benzene rings is 1. The van der Waals surface area contributed by atoms with Crippen molar-refractivity contribution < 1.29 is 19.5 Å². The van der Waals surface area contributed by atoms with Gasteiger partial charge < -0.3 is 5.11 Å². The highest BCUT2D eigenvalue weighted by atomic mass is 16.4. The van der Waals surface area contributed by atoms with Crippen molar-refractivity contribution in [2.45, 2.75) is 13.3 Å². The number of rotatable bonds is 6. The zero-order chi connectivity index (χ0) is 16.3. The zero-order valence-corrected chi connectivity index (χ0v) is 12.3. The molecule has 2 rings (SSSR count). The molecule has 1 aliphatic rings. The van der Waals surface area contributed by atoms with Gasteiger partial charge in [-0.3, -0.25) is 19.3 Å². The van der Waals surface area contributed by atoms with Crippen LogP contribution in [0.2, 0.25) is 0 Å². The van der Waals surface area contributed by atoms with Crippen molar-refractivity contribution in [3.8, 4) is 0 Å². The van der Waals surface area contributed by atoms with E-state index in [2.05, 4.69) is 6.58 Å². The van der Waals surface area contributed by atoms with Gasteiger partial charge >= 0.3 is 5.97 Å². The molecule has 0 spiro atoms. The van der Waals surface area contributed by atoms with Crippen molar-refractivity contribution in [1.29, 1.82) is 0 Å². The lowest BCUT2D eigenvalue weighted by Crippen LogP contribution is -2.29. The second-order valence-corrected chi connectivity index (χ2v) is 5.17. The summed E-state index contributed by atoms with van der Waals surface area (Å²) in [6, 6.07) is 5.12. The lowest BCUT2D eigenvalue weighted by molar-refractivity contribution is -0.139. The fraction of sp³-hybridized carbons (Fsp3) is 0.235. The van der Waals surface area contributed by atoms with Gasteiger partial charge in [0.15, 0.2) is 0 Å². The molecule has 0 fully saturated rings. The van der Waals surface area contributed by atoms with Crippen LogP contribution in [0.4, 0.5) is 0 Å². The van der Waals surface area contributed by atoms with Crippen LogP contribution in [0, 0.1) is 12.8 Å². The summed E-state index contributed by atoms with van der Waals surface area (Å²) >= 11 is 0. The predicted molar refractivity (Wildman–Crippen MR) is 81.6 cm³/mol. The Balaban J connectivity index is 2.12. The second kappa shape index (κ2) is 6.39. The van der Waals surface area contributed by atoms with Crippen LogP contribution in [0.25, 0.3) is 0 Å². The number of amides is 2. The van der Waals surface area contributed by atoms with Gasteiger partial charge in [0.05, 0.1) is 17.0 Å². The number of carboxylic acids is 1. The number of fused-ring (bicyclic) bond motifs is 1. The molecule has 0 saturated heterocycles. The summed E-state index contributed by atoms with van der Waals surface area (Å²) in [5, 5.41) is 9.03. The van der Waals surface area contributed by atoms with Gasteiger partial charge in [0, 0.05) is 6.54 Å². The molecule has 0 saturated carbocycles. The average Bonchev–Trinajstić information content (AvgIpc) is 2.70. The van der Waals surface area contributed by atoms with Gasteiger partial charge in [0.2, 0.25) is 0 Å². The quantitative estimate of drug-likeness (QED) is 0.646. The third-order valence-corrected chi connectivity index (χ3v) is 3.52. The van der Waals surface area contributed by atoms with Crippen molar-refractivity contribution in [3.63, 3.8) is 0 Å². The van der Waals surface area contributed by atoms with Crippen LogP contribution in [-0.4, -0.2) is 34.3 Å². The summed E-state index contributed by atoms with van der Waals surface area (Å²) in [7, 11) is 0. The van der Waals surface area contributed by atoms with Crippen molar-refractivity contribution >= 4 is 17.8 Å². The Morgan fingerprint density at radius 2 is 2.00 bits per heavy atom. The summed E-state index contributed by atoms with van der Waals surface area (Å²) in [5.41, 5.74) is 1.71. The maximum atomic E-state index is 12.2. The Kier molecular flexibility index (Phi) is 4.56. The number of carboxylic acid groups (broad SMARTS) is 1. The van der Waals surface area contributed by atoms with E-state index in [1.807, 2.05) is 6.92 Å². The van der Waals surface area contributed by atoms with Crippen LogP contribution in [0.3, 0.4) is 0 Å². The number of carbonyl (C=O) groups excluding carboxylic acids is 2. The molecule has 0 aliphatic carbocycles. The molecule has 5 heteroatoms. The first-order valence-corrected chi connectivity index (χ1v) is 6.93. The summed E-state index contributed by atoms with van der Waals surface area (Å²) in [6.07, 6.45) is 4.84. The molecule has 1 aromatic carbocycles. The normalized spacial score (nSPS) is 15.2. The van der Waals surface area contributed by atoms with E-state index in [0.717, 1.165) is 10.5 Å². The van der Waals surface area contributed by atoms with E-state index in [1.54, 1.807) is 18.2 Å². The maximum absolute atomic E-state index is 12.2. The number of hydrogen-bond donors (Lipinski definition) is 1. The van der Waals surface area contributed by atoms with E-state index in [4.69, 9.17) is 5.11 Å². The Morgan fingerprint density at radius 3 is 2.64 bits per heavy atom. The van der Waals surface area contributed by atoms with Crippen LogP contribution in [0.5, 0.6) is 0 Å². The first kappa shape index (κ1) is 15.7. The number of nitrogens with zero attached hydrogens (tertiary/aromatic N) is 1. The fourth-order valence-electron chi connectivity index (χ4n) is 2.34. The summed E-state index contributed by atoms with van der Waals surface area (Å²) < 4.78 is 0. The molecule has 1 aromatic rings. The monoisotopic (exact) mass is 299 g/mol. The summed E-state index contributed by atoms with van der Waals surface area (Å²) in [6.45, 7) is 5.43. The number of carbonyl (C=O) groups is 3. The van der Waals surface area contributed by atoms with E-state index in [1.165, 1.54) is 18.2 Å². The van der Waals surface area contributed by atoms with Crippen molar-refractivity contribution in [3.05, 3.63) is 59.7 Å². The molecule has 2 amide bonds. The topological polar surface area (TPSA) is 74.7 Å². The second-order valence-electron chi connectivity index (χ2n) is 5.17. The first-order valence-electron chi connectivity index (χ1n) is 6.93. The first-order chi connectivity index (χ1) is 10.5. The van der Waals surface area contributed by atoms with Gasteiger partial charge in [0.25, 0.3) is 11.8 Å². The van der Waals surface area contributed by atoms with Gasteiger partial charge in [0.1, 0.15) is 0 Å². The molecule has 1 aliphatic heterocycles. The Hall–Kier alpha value is -2.69. The summed E-state index contributed by atoms with van der Waals surface area (Å²) in [5.74, 6) is -2.35. The lowest BCUT2D eigenvalue weighted by Gasteiger charge is -2.11. The third-order valence-electron chi connectivity index (χ3n) is 3.52. The molecule has 1 unspecified atom stereocenters. The third kappa shape index (κ3) is 2.98. The van der Waals surface area contributed by atoms with E-state index >= 15 is 0 Å². The number of imide groups is 1. The van der Waals surface area contributed by atoms with Gasteiger partial charge in [-0.15, -0.1) is 6.58 Å². The van der Waals surface area contributed by atoms with Gasteiger partial charge in [-0.1, -0.05) is 29.9 Å². The van der Waals surface area contributed by atoms with Crippen molar-refractivity contribution in [1.82, 2.24) is 4.90 Å². The molecule has 0 bridgehead atoms. The molecule has 114 valence electrons. The van der Waals surface area contributed by atoms with E-state index in [0.29, 0.717) is 17.5 Å². The number of aryl methyl sites for hydroxylation is 1. The highest BCUT2D eigenvalue weighted by molar-refractivity contribution is 6.21. The molecule has 0 aromatic heterocycles.